The predicted molar refractivity (Wildman–Crippen MR) is 126 cm³/mol. The van der Waals surface area contributed by atoms with Crippen molar-refractivity contribution in [3.8, 4) is 11.1 Å². The van der Waals surface area contributed by atoms with Gasteiger partial charge in [0.1, 0.15) is 17.0 Å². The van der Waals surface area contributed by atoms with Gasteiger partial charge >= 0.3 is 5.63 Å². The Kier molecular flexibility index (Phi) is 5.31. The lowest BCUT2D eigenvalue weighted by Crippen LogP contribution is -2.39. The van der Waals surface area contributed by atoms with E-state index in [4.69, 9.17) is 8.83 Å². The number of furan rings is 1. The van der Waals surface area contributed by atoms with Gasteiger partial charge in [-0.05, 0) is 42.7 Å². The maximum Gasteiger partial charge on any atom is 0.340 e. The standard InChI is InChI=1S/C25H22FNO6S/c1-14-18-9-20-21(15-3-5-16(26)6-4-15)12-32-22(20)11-23(18)33-25(29)19(14)10-24(28)27(2)17-7-8-34(30,31)13-17/h3-6,9,11-12,17H,7-8,10,13H2,1-2H3/t17-/m1/s1. The Labute approximate surface area is 194 Å². The van der Waals surface area contributed by atoms with Crippen LogP contribution in [0.3, 0.4) is 0 Å². The van der Waals surface area contributed by atoms with E-state index >= 15 is 0 Å². The van der Waals surface area contributed by atoms with E-state index in [-0.39, 0.29) is 35.2 Å². The fourth-order valence-electron chi connectivity index (χ4n) is 4.53. The molecule has 0 bridgehead atoms. The average Bonchev–Trinajstić information content (AvgIpc) is 3.37. The van der Waals surface area contributed by atoms with E-state index in [1.807, 2.05) is 6.07 Å². The summed E-state index contributed by atoms with van der Waals surface area (Å²) in [6, 6.07) is 9.13. The summed E-state index contributed by atoms with van der Waals surface area (Å²) in [6.07, 6.45) is 1.77. The number of hydrogen-bond donors (Lipinski definition) is 0. The Morgan fingerprint density at radius 1 is 1.15 bits per heavy atom. The van der Waals surface area contributed by atoms with Crippen molar-refractivity contribution in [1.29, 1.82) is 0 Å². The van der Waals surface area contributed by atoms with Crippen LogP contribution in [0.1, 0.15) is 17.5 Å². The van der Waals surface area contributed by atoms with E-state index in [1.165, 1.54) is 17.0 Å². The summed E-state index contributed by atoms with van der Waals surface area (Å²) in [4.78, 5) is 27.0. The van der Waals surface area contributed by atoms with Crippen molar-refractivity contribution in [3.63, 3.8) is 0 Å². The molecule has 1 atom stereocenters. The van der Waals surface area contributed by atoms with E-state index in [0.717, 1.165) is 16.5 Å². The third kappa shape index (κ3) is 3.90. The highest BCUT2D eigenvalue weighted by molar-refractivity contribution is 7.91. The van der Waals surface area contributed by atoms with Gasteiger partial charge in [0, 0.05) is 35.5 Å². The fourth-order valence-corrected chi connectivity index (χ4v) is 6.30. The number of halogens is 1. The van der Waals surface area contributed by atoms with E-state index in [2.05, 4.69) is 0 Å². The molecule has 0 unspecified atom stereocenters. The molecule has 176 valence electrons. The zero-order chi connectivity index (χ0) is 24.2. The van der Waals surface area contributed by atoms with Gasteiger partial charge in [-0.25, -0.2) is 17.6 Å². The first kappa shape index (κ1) is 22.3. The van der Waals surface area contributed by atoms with Crippen LogP contribution in [0.15, 0.2) is 56.3 Å². The maximum absolute atomic E-state index is 13.4. The lowest BCUT2D eigenvalue weighted by molar-refractivity contribution is -0.130. The third-order valence-corrected chi connectivity index (χ3v) is 8.36. The fraction of sp³-hybridized carbons (Fsp3) is 0.280. The number of carbonyl (C=O) groups is 1. The molecular weight excluding hydrogens is 461 g/mol. The summed E-state index contributed by atoms with van der Waals surface area (Å²) in [5.74, 6) is -0.684. The van der Waals surface area contributed by atoms with Crippen molar-refractivity contribution < 1.29 is 26.4 Å². The second kappa shape index (κ2) is 8.09. The Balaban J connectivity index is 1.53. The van der Waals surface area contributed by atoms with E-state index in [0.29, 0.717) is 28.5 Å². The summed E-state index contributed by atoms with van der Waals surface area (Å²) >= 11 is 0. The van der Waals surface area contributed by atoms with E-state index < -0.39 is 21.5 Å². The molecule has 1 aliphatic heterocycles. The number of sulfone groups is 1. The first-order chi connectivity index (χ1) is 16.1. The number of rotatable bonds is 4. The van der Waals surface area contributed by atoms with Gasteiger partial charge in [0.2, 0.25) is 5.91 Å². The molecule has 0 radical (unpaired) electrons. The van der Waals surface area contributed by atoms with Crippen LogP contribution in [0.25, 0.3) is 33.1 Å². The summed E-state index contributed by atoms with van der Waals surface area (Å²) in [6.45, 7) is 1.76. The van der Waals surface area contributed by atoms with Crippen LogP contribution in [0.2, 0.25) is 0 Å². The molecule has 0 aliphatic carbocycles. The van der Waals surface area contributed by atoms with Gasteiger partial charge in [0.15, 0.2) is 9.84 Å². The number of amides is 1. The van der Waals surface area contributed by atoms with Crippen molar-refractivity contribution >= 4 is 37.7 Å². The Morgan fingerprint density at radius 2 is 1.88 bits per heavy atom. The van der Waals surface area contributed by atoms with Crippen molar-refractivity contribution in [1.82, 2.24) is 4.90 Å². The molecule has 0 saturated carbocycles. The molecule has 1 saturated heterocycles. The highest BCUT2D eigenvalue weighted by atomic mass is 32.2. The molecule has 2 aromatic heterocycles. The van der Waals surface area contributed by atoms with Gasteiger partial charge in [-0.15, -0.1) is 0 Å². The van der Waals surface area contributed by atoms with Crippen molar-refractivity contribution in [2.75, 3.05) is 18.6 Å². The molecule has 7 nitrogen and oxygen atoms in total. The minimum absolute atomic E-state index is 0.0590. The van der Waals surface area contributed by atoms with Crippen LogP contribution < -0.4 is 5.63 Å². The van der Waals surface area contributed by atoms with Crippen LogP contribution in [0, 0.1) is 12.7 Å². The first-order valence-electron chi connectivity index (χ1n) is 10.8. The molecule has 3 heterocycles. The minimum atomic E-state index is -3.14. The molecule has 0 spiro atoms. The highest BCUT2D eigenvalue weighted by Gasteiger charge is 2.33. The van der Waals surface area contributed by atoms with Crippen molar-refractivity contribution in [2.45, 2.75) is 25.8 Å². The summed E-state index contributed by atoms with van der Waals surface area (Å²) in [5, 5.41) is 1.42. The monoisotopic (exact) mass is 483 g/mol. The second-order valence-corrected chi connectivity index (χ2v) is 11.0. The van der Waals surface area contributed by atoms with Gasteiger partial charge < -0.3 is 13.7 Å². The Hall–Kier alpha value is -3.46. The Bertz CT molecular complexity index is 1600. The molecule has 0 N–H and O–H groups in total. The topological polar surface area (TPSA) is 97.8 Å². The number of carbonyl (C=O) groups excluding carboxylic acids is 1. The second-order valence-electron chi connectivity index (χ2n) is 8.73. The minimum Gasteiger partial charge on any atom is -0.464 e. The molecule has 1 amide bonds. The van der Waals surface area contributed by atoms with Gasteiger partial charge in [-0.2, -0.15) is 0 Å². The molecule has 1 aliphatic rings. The molecule has 5 rings (SSSR count). The molecule has 1 fully saturated rings. The lowest BCUT2D eigenvalue weighted by atomic mass is 9.99. The molecule has 2 aromatic carbocycles. The summed E-state index contributed by atoms with van der Waals surface area (Å²) < 4.78 is 48.1. The number of likely N-dealkylation sites (N-methyl/N-ethyl adjacent to an activating group) is 1. The van der Waals surface area contributed by atoms with Crippen LogP contribution in [0.4, 0.5) is 4.39 Å². The summed E-state index contributed by atoms with van der Waals surface area (Å²) in [7, 11) is -1.58. The molecule has 4 aromatic rings. The van der Waals surface area contributed by atoms with Gasteiger partial charge in [0.25, 0.3) is 0 Å². The zero-order valence-electron chi connectivity index (χ0n) is 18.6. The van der Waals surface area contributed by atoms with E-state index in [9.17, 15) is 22.4 Å². The number of benzene rings is 2. The zero-order valence-corrected chi connectivity index (χ0v) is 19.4. The molecular formula is C25H22FNO6S. The third-order valence-electron chi connectivity index (χ3n) is 6.61. The number of nitrogens with zero attached hydrogens (tertiary/aromatic N) is 1. The number of hydrogen-bond acceptors (Lipinski definition) is 6. The number of aryl methyl sites for hydroxylation is 1. The Morgan fingerprint density at radius 3 is 2.56 bits per heavy atom. The van der Waals surface area contributed by atoms with Crippen LogP contribution in [0.5, 0.6) is 0 Å². The first-order valence-corrected chi connectivity index (χ1v) is 12.6. The van der Waals surface area contributed by atoms with Crippen LogP contribution in [-0.4, -0.2) is 43.8 Å². The van der Waals surface area contributed by atoms with Crippen molar-refractivity contribution in [3.05, 3.63) is 70.0 Å². The van der Waals surface area contributed by atoms with E-state index in [1.54, 1.807) is 38.4 Å². The van der Waals surface area contributed by atoms with Gasteiger partial charge in [-0.1, -0.05) is 12.1 Å². The quantitative estimate of drug-likeness (QED) is 0.409. The SMILES string of the molecule is Cc1c(CC(=O)N(C)[C@@H]2CCS(=O)(=O)C2)c(=O)oc2cc3occ(-c4ccc(F)cc4)c3cc12. The maximum atomic E-state index is 13.4. The van der Waals surface area contributed by atoms with Crippen LogP contribution >= 0.6 is 0 Å². The number of fused-ring (bicyclic) bond motifs is 2. The lowest BCUT2D eigenvalue weighted by Gasteiger charge is -2.23. The van der Waals surface area contributed by atoms with Crippen molar-refractivity contribution in [2.24, 2.45) is 0 Å². The average molecular weight is 484 g/mol. The predicted octanol–water partition coefficient (Wildman–Crippen LogP) is 3.84. The normalized spacial score (nSPS) is 17.4. The van der Waals surface area contributed by atoms with Crippen LogP contribution in [-0.2, 0) is 21.1 Å². The van der Waals surface area contributed by atoms with Gasteiger partial charge in [0.05, 0.1) is 29.8 Å². The summed E-state index contributed by atoms with van der Waals surface area (Å²) in [5.41, 5.74) is 2.62. The largest absolute Gasteiger partial charge is 0.464 e. The van der Waals surface area contributed by atoms with Gasteiger partial charge in [-0.3, -0.25) is 4.79 Å². The molecule has 9 heteroatoms. The smallest absolute Gasteiger partial charge is 0.340 e. The highest BCUT2D eigenvalue weighted by Crippen LogP contribution is 2.34. The molecule has 34 heavy (non-hydrogen) atoms.